The van der Waals surface area contributed by atoms with Gasteiger partial charge in [-0.05, 0) is 37.8 Å². The van der Waals surface area contributed by atoms with E-state index in [0.717, 1.165) is 6.42 Å². The van der Waals surface area contributed by atoms with Gasteiger partial charge in [-0.2, -0.15) is 0 Å². The molecule has 0 aromatic heterocycles. The minimum Gasteiger partial charge on any atom is -0.379 e. The van der Waals surface area contributed by atoms with Crippen molar-refractivity contribution in [2.45, 2.75) is 32.9 Å². The van der Waals surface area contributed by atoms with Gasteiger partial charge in [-0.25, -0.2) is 0 Å². The summed E-state index contributed by atoms with van der Waals surface area (Å²) < 4.78 is 0. The molecular weight excluding hydrogens is 162 g/mol. The summed E-state index contributed by atoms with van der Waals surface area (Å²) in [5, 5.41) is 8.94. The predicted molar refractivity (Wildman–Crippen MR) is 54.4 cm³/mol. The first kappa shape index (κ1) is 10.2. The van der Waals surface area contributed by atoms with Crippen LogP contribution in [-0.4, -0.2) is 11.3 Å². The Labute approximate surface area is 79.4 Å². The lowest BCUT2D eigenvalue weighted by Crippen LogP contribution is -2.19. The summed E-state index contributed by atoms with van der Waals surface area (Å²) in [6.45, 7) is 4.17. The Bertz CT molecular complexity index is 281. The van der Waals surface area contributed by atoms with Gasteiger partial charge in [-0.3, -0.25) is 0 Å². The van der Waals surface area contributed by atoms with Gasteiger partial charge in [0.05, 0.1) is 0 Å². The molecule has 0 spiro atoms. The van der Waals surface area contributed by atoms with Crippen molar-refractivity contribution in [3.63, 3.8) is 0 Å². The molecule has 13 heavy (non-hydrogen) atoms. The first-order chi connectivity index (χ1) is 6.09. The van der Waals surface area contributed by atoms with Gasteiger partial charge >= 0.3 is 0 Å². The third kappa shape index (κ3) is 3.17. The summed E-state index contributed by atoms with van der Waals surface area (Å²) >= 11 is 0. The lowest BCUT2D eigenvalue weighted by Gasteiger charge is -2.08. The molecule has 0 bridgehead atoms. The van der Waals surface area contributed by atoms with E-state index in [4.69, 9.17) is 10.8 Å². The van der Waals surface area contributed by atoms with Crippen LogP contribution < -0.4 is 5.73 Å². The van der Waals surface area contributed by atoms with E-state index in [1.807, 2.05) is 0 Å². The third-order valence-corrected chi connectivity index (χ3v) is 2.21. The van der Waals surface area contributed by atoms with Crippen LogP contribution in [0.1, 0.15) is 23.1 Å². The van der Waals surface area contributed by atoms with Crippen LogP contribution in [0.3, 0.4) is 0 Å². The molecule has 1 aromatic rings. The zero-order valence-electron chi connectivity index (χ0n) is 8.25. The smallest absolute Gasteiger partial charge is 0.102 e. The van der Waals surface area contributed by atoms with Crippen molar-refractivity contribution in [1.29, 1.82) is 0 Å². The van der Waals surface area contributed by atoms with Crippen LogP contribution in [0.2, 0.25) is 0 Å². The largest absolute Gasteiger partial charge is 0.379 e. The molecule has 1 aromatic carbocycles. The highest BCUT2D eigenvalue weighted by molar-refractivity contribution is 5.30. The van der Waals surface area contributed by atoms with E-state index in [-0.39, 0.29) is 0 Å². The molecule has 0 saturated heterocycles. The fraction of sp³-hybridized carbons (Fsp3) is 0.455. The first-order valence-corrected chi connectivity index (χ1v) is 4.59. The topological polar surface area (TPSA) is 46.2 Å². The summed E-state index contributed by atoms with van der Waals surface area (Å²) in [4.78, 5) is 0. The van der Waals surface area contributed by atoms with E-state index in [9.17, 15) is 0 Å². The number of nitrogens with two attached hydrogens (primary N) is 1. The standard InChI is InChI=1S/C11H17NO/c1-8-3-4-10(9(2)7-8)5-6-11(12)13/h3-4,7,11,13H,5-6,12H2,1-2H3. The Morgan fingerprint density at radius 2 is 2.08 bits per heavy atom. The van der Waals surface area contributed by atoms with Gasteiger partial charge in [0.2, 0.25) is 0 Å². The molecule has 3 N–H and O–H groups in total. The highest BCUT2D eigenvalue weighted by Crippen LogP contribution is 2.12. The Balaban J connectivity index is 2.67. The van der Waals surface area contributed by atoms with Gasteiger partial charge in [0.15, 0.2) is 0 Å². The van der Waals surface area contributed by atoms with Crippen molar-refractivity contribution in [3.8, 4) is 0 Å². The van der Waals surface area contributed by atoms with E-state index < -0.39 is 6.23 Å². The van der Waals surface area contributed by atoms with Gasteiger partial charge in [0.25, 0.3) is 0 Å². The fourth-order valence-electron chi connectivity index (χ4n) is 1.43. The number of aliphatic hydroxyl groups is 1. The van der Waals surface area contributed by atoms with Gasteiger partial charge in [0.1, 0.15) is 6.23 Å². The molecule has 0 aliphatic rings. The zero-order chi connectivity index (χ0) is 9.84. The summed E-state index contributed by atoms with van der Waals surface area (Å²) in [5.74, 6) is 0. The highest BCUT2D eigenvalue weighted by atomic mass is 16.3. The van der Waals surface area contributed by atoms with Crippen LogP contribution in [-0.2, 0) is 6.42 Å². The van der Waals surface area contributed by atoms with E-state index in [1.165, 1.54) is 16.7 Å². The average molecular weight is 179 g/mol. The number of benzene rings is 1. The van der Waals surface area contributed by atoms with Crippen LogP contribution in [0.5, 0.6) is 0 Å². The quantitative estimate of drug-likeness (QED) is 0.691. The monoisotopic (exact) mass is 179 g/mol. The van der Waals surface area contributed by atoms with Crippen molar-refractivity contribution in [3.05, 3.63) is 34.9 Å². The summed E-state index contributed by atoms with van der Waals surface area (Å²) in [5.41, 5.74) is 9.10. The Morgan fingerprint density at radius 3 is 2.62 bits per heavy atom. The van der Waals surface area contributed by atoms with E-state index in [1.54, 1.807) is 0 Å². The highest BCUT2D eigenvalue weighted by Gasteiger charge is 2.01. The maximum atomic E-state index is 8.94. The van der Waals surface area contributed by atoms with Crippen molar-refractivity contribution >= 4 is 0 Å². The Hall–Kier alpha value is -0.860. The van der Waals surface area contributed by atoms with Gasteiger partial charge in [0, 0.05) is 0 Å². The molecule has 1 rings (SSSR count). The lowest BCUT2D eigenvalue weighted by molar-refractivity contribution is 0.172. The second kappa shape index (κ2) is 4.40. The first-order valence-electron chi connectivity index (χ1n) is 4.59. The molecule has 2 heteroatoms. The molecular formula is C11H17NO. The molecule has 1 atom stereocenters. The van der Waals surface area contributed by atoms with Crippen LogP contribution in [0, 0.1) is 13.8 Å². The summed E-state index contributed by atoms with van der Waals surface area (Å²) in [6, 6.07) is 6.34. The molecule has 72 valence electrons. The summed E-state index contributed by atoms with van der Waals surface area (Å²) in [6.07, 6.45) is 0.786. The fourth-order valence-corrected chi connectivity index (χ4v) is 1.43. The van der Waals surface area contributed by atoms with E-state index >= 15 is 0 Å². The SMILES string of the molecule is Cc1ccc(CCC(N)O)c(C)c1. The molecule has 0 aliphatic carbocycles. The minimum absolute atomic E-state index is 0.629. The lowest BCUT2D eigenvalue weighted by atomic mass is 10.0. The van der Waals surface area contributed by atoms with Crippen molar-refractivity contribution in [2.75, 3.05) is 0 Å². The van der Waals surface area contributed by atoms with Crippen molar-refractivity contribution in [2.24, 2.45) is 5.73 Å². The Kier molecular flexibility index (Phi) is 3.46. The molecule has 0 heterocycles. The van der Waals surface area contributed by atoms with Crippen molar-refractivity contribution in [1.82, 2.24) is 0 Å². The average Bonchev–Trinajstić information content (AvgIpc) is 2.02. The second-order valence-corrected chi connectivity index (χ2v) is 3.54. The van der Waals surface area contributed by atoms with E-state index in [0.29, 0.717) is 6.42 Å². The number of rotatable bonds is 3. The molecule has 0 fully saturated rings. The maximum Gasteiger partial charge on any atom is 0.102 e. The number of aliphatic hydroxyl groups excluding tert-OH is 1. The van der Waals surface area contributed by atoms with Crippen LogP contribution in [0.4, 0.5) is 0 Å². The van der Waals surface area contributed by atoms with Crippen molar-refractivity contribution < 1.29 is 5.11 Å². The molecule has 0 saturated carbocycles. The normalized spacial score (nSPS) is 12.9. The minimum atomic E-state index is -0.694. The van der Waals surface area contributed by atoms with Crippen LogP contribution >= 0.6 is 0 Å². The number of aryl methyl sites for hydroxylation is 3. The van der Waals surface area contributed by atoms with E-state index in [2.05, 4.69) is 32.0 Å². The Morgan fingerprint density at radius 1 is 1.38 bits per heavy atom. The maximum absolute atomic E-state index is 8.94. The molecule has 1 unspecified atom stereocenters. The molecule has 0 radical (unpaired) electrons. The van der Waals surface area contributed by atoms with Gasteiger partial charge in [-0.1, -0.05) is 23.8 Å². The van der Waals surface area contributed by atoms with Crippen LogP contribution in [0.25, 0.3) is 0 Å². The van der Waals surface area contributed by atoms with Crippen LogP contribution in [0.15, 0.2) is 18.2 Å². The van der Waals surface area contributed by atoms with Gasteiger partial charge < -0.3 is 10.8 Å². The molecule has 2 nitrogen and oxygen atoms in total. The molecule has 0 aliphatic heterocycles. The predicted octanol–water partition coefficient (Wildman–Crippen LogP) is 1.51. The number of hydrogen-bond donors (Lipinski definition) is 2. The zero-order valence-corrected chi connectivity index (χ0v) is 8.25. The van der Waals surface area contributed by atoms with Gasteiger partial charge in [-0.15, -0.1) is 0 Å². The number of hydrogen-bond acceptors (Lipinski definition) is 2. The molecule has 0 amide bonds. The summed E-state index contributed by atoms with van der Waals surface area (Å²) in [7, 11) is 0. The third-order valence-electron chi connectivity index (χ3n) is 2.21. The second-order valence-electron chi connectivity index (χ2n) is 3.54.